The first-order valence-corrected chi connectivity index (χ1v) is 14.4. The van der Waals surface area contributed by atoms with Gasteiger partial charge in [0.2, 0.25) is 0 Å². The predicted octanol–water partition coefficient (Wildman–Crippen LogP) is 10.6. The molecule has 0 aliphatic heterocycles. The van der Waals surface area contributed by atoms with Crippen LogP contribution in [-0.4, -0.2) is 4.57 Å². The van der Waals surface area contributed by atoms with Gasteiger partial charge >= 0.3 is 0 Å². The molecule has 2 aromatic heterocycles. The lowest BCUT2D eigenvalue weighted by atomic mass is 9.81. The lowest BCUT2D eigenvalue weighted by molar-refractivity contribution is 0.667. The molecule has 1 aliphatic rings. The van der Waals surface area contributed by atoms with Gasteiger partial charge in [0.05, 0.1) is 15.7 Å². The van der Waals surface area contributed by atoms with Gasteiger partial charge in [-0.15, -0.1) is 11.3 Å². The maximum Gasteiger partial charge on any atom is 0.0720 e. The monoisotopic (exact) mass is 515 g/mol. The van der Waals surface area contributed by atoms with E-state index in [0.29, 0.717) is 0 Å². The maximum absolute atomic E-state index is 2.55. The van der Waals surface area contributed by atoms with E-state index in [1.165, 1.54) is 80.7 Å². The molecule has 1 nitrogen and oxygen atoms in total. The number of fused-ring (bicyclic) bond motifs is 14. The van der Waals surface area contributed by atoms with Gasteiger partial charge in [-0.2, -0.15) is 0 Å². The minimum Gasteiger partial charge on any atom is -0.307 e. The van der Waals surface area contributed by atoms with Crippen LogP contribution in [0.25, 0.3) is 69.6 Å². The zero-order valence-corrected chi connectivity index (χ0v) is 22.6. The van der Waals surface area contributed by atoms with Crippen molar-refractivity contribution in [1.29, 1.82) is 0 Å². The molecule has 0 saturated heterocycles. The van der Waals surface area contributed by atoms with Gasteiger partial charge in [0.1, 0.15) is 0 Å². The normalized spacial score (nSPS) is 14.1. The van der Waals surface area contributed by atoms with Crippen LogP contribution >= 0.6 is 11.3 Å². The SMILES string of the molecule is CC1(C)c2ccccc2-c2sc3c(ccc4c5c6ccccc6c6ccccc6c5n(-c5ccccc5)c43)c21. The second-order valence-electron chi connectivity index (χ2n) is 11.3. The molecule has 8 aromatic rings. The van der Waals surface area contributed by atoms with E-state index in [0.717, 1.165) is 0 Å². The fraction of sp³-hybridized carbons (Fsp3) is 0.0811. The van der Waals surface area contributed by atoms with E-state index >= 15 is 0 Å². The molecular formula is C37H25NS. The van der Waals surface area contributed by atoms with Crippen molar-refractivity contribution in [3.05, 3.63) is 126 Å². The summed E-state index contributed by atoms with van der Waals surface area (Å²) >= 11 is 1.97. The van der Waals surface area contributed by atoms with Crippen molar-refractivity contribution in [3.8, 4) is 16.1 Å². The molecule has 0 bridgehead atoms. The van der Waals surface area contributed by atoms with Gasteiger partial charge in [0, 0.05) is 32.1 Å². The molecule has 1 aliphatic carbocycles. The Morgan fingerprint density at radius 2 is 1.15 bits per heavy atom. The van der Waals surface area contributed by atoms with Crippen molar-refractivity contribution >= 4 is 64.8 Å². The summed E-state index contributed by atoms with van der Waals surface area (Å²) in [6.07, 6.45) is 0. The molecule has 0 atom stereocenters. The Hall–Kier alpha value is -4.40. The first kappa shape index (κ1) is 21.5. The molecule has 0 N–H and O–H groups in total. The second kappa shape index (κ2) is 7.37. The third kappa shape index (κ3) is 2.60. The lowest BCUT2D eigenvalue weighted by Gasteiger charge is -2.21. The van der Waals surface area contributed by atoms with Gasteiger partial charge in [-0.25, -0.2) is 0 Å². The molecule has 184 valence electrons. The van der Waals surface area contributed by atoms with Gasteiger partial charge in [0.25, 0.3) is 0 Å². The summed E-state index contributed by atoms with van der Waals surface area (Å²) in [4.78, 5) is 1.43. The van der Waals surface area contributed by atoms with Crippen LogP contribution in [0.2, 0.25) is 0 Å². The van der Waals surface area contributed by atoms with Crippen LogP contribution in [0.5, 0.6) is 0 Å². The molecule has 0 fully saturated rings. The molecule has 0 spiro atoms. The third-order valence-corrected chi connectivity index (χ3v) is 10.2. The van der Waals surface area contributed by atoms with Crippen molar-refractivity contribution < 1.29 is 0 Å². The molecule has 0 radical (unpaired) electrons. The minimum atomic E-state index is -0.0269. The van der Waals surface area contributed by atoms with E-state index < -0.39 is 0 Å². The Labute approximate surface area is 230 Å². The van der Waals surface area contributed by atoms with Crippen LogP contribution in [0.15, 0.2) is 115 Å². The second-order valence-corrected chi connectivity index (χ2v) is 12.3. The van der Waals surface area contributed by atoms with Gasteiger partial charge in [-0.05, 0) is 50.4 Å². The Morgan fingerprint density at radius 1 is 0.538 bits per heavy atom. The van der Waals surface area contributed by atoms with Gasteiger partial charge in [0.15, 0.2) is 0 Å². The summed E-state index contributed by atoms with van der Waals surface area (Å²) in [6.45, 7) is 4.78. The summed E-state index contributed by atoms with van der Waals surface area (Å²) in [7, 11) is 0. The van der Waals surface area contributed by atoms with Gasteiger partial charge in [-0.1, -0.05) is 117 Å². The van der Waals surface area contributed by atoms with E-state index in [4.69, 9.17) is 0 Å². The minimum absolute atomic E-state index is 0.0269. The largest absolute Gasteiger partial charge is 0.307 e. The average Bonchev–Trinajstić information content (AvgIpc) is 3.61. The summed E-state index contributed by atoms with van der Waals surface area (Å²) < 4.78 is 3.93. The third-order valence-electron chi connectivity index (χ3n) is 8.94. The highest BCUT2D eigenvalue weighted by Gasteiger charge is 2.39. The molecule has 2 heteroatoms. The van der Waals surface area contributed by atoms with Crippen molar-refractivity contribution in [2.75, 3.05) is 0 Å². The molecule has 39 heavy (non-hydrogen) atoms. The average molecular weight is 516 g/mol. The highest BCUT2D eigenvalue weighted by atomic mass is 32.1. The fourth-order valence-electron chi connectivity index (χ4n) is 7.32. The first-order valence-electron chi connectivity index (χ1n) is 13.6. The Kier molecular flexibility index (Phi) is 4.07. The molecular weight excluding hydrogens is 490 g/mol. The highest BCUT2D eigenvalue weighted by molar-refractivity contribution is 7.23. The smallest absolute Gasteiger partial charge is 0.0720 e. The van der Waals surface area contributed by atoms with E-state index in [1.54, 1.807) is 0 Å². The van der Waals surface area contributed by atoms with Crippen molar-refractivity contribution in [3.63, 3.8) is 0 Å². The van der Waals surface area contributed by atoms with E-state index in [-0.39, 0.29) is 5.41 Å². The Balaban J connectivity index is 1.58. The van der Waals surface area contributed by atoms with Crippen LogP contribution in [0, 0.1) is 0 Å². The molecule has 9 rings (SSSR count). The number of hydrogen-bond acceptors (Lipinski definition) is 1. The number of hydrogen-bond donors (Lipinski definition) is 0. The van der Waals surface area contributed by atoms with Crippen molar-refractivity contribution in [2.45, 2.75) is 19.3 Å². The van der Waals surface area contributed by atoms with Crippen LogP contribution in [0.4, 0.5) is 0 Å². The Bertz CT molecular complexity index is 2300. The number of thiophene rings is 1. The molecule has 0 saturated carbocycles. The summed E-state index contributed by atoms with van der Waals surface area (Å²) in [5.74, 6) is 0. The van der Waals surface area contributed by atoms with Crippen molar-refractivity contribution in [1.82, 2.24) is 4.57 Å². The standard InChI is InChI=1S/C37H25NS/c1-37(2)30-19-11-10-18-27(30)35-32(37)29-21-20-28-31-25-16-8-6-14-23(25)24-15-7-9-17-26(24)33(31)38(34(28)36(29)39-35)22-12-4-3-5-13-22/h3-21H,1-2H3. The number of para-hydroxylation sites is 1. The molecule has 2 heterocycles. The van der Waals surface area contributed by atoms with E-state index in [2.05, 4.69) is 134 Å². The molecule has 0 unspecified atom stereocenters. The number of rotatable bonds is 1. The predicted molar refractivity (Wildman–Crippen MR) is 169 cm³/mol. The Morgan fingerprint density at radius 3 is 1.95 bits per heavy atom. The lowest BCUT2D eigenvalue weighted by Crippen LogP contribution is -2.14. The van der Waals surface area contributed by atoms with Crippen LogP contribution < -0.4 is 0 Å². The number of nitrogens with zero attached hydrogens (tertiary/aromatic N) is 1. The number of benzene rings is 6. The zero-order chi connectivity index (χ0) is 25.9. The zero-order valence-electron chi connectivity index (χ0n) is 21.8. The van der Waals surface area contributed by atoms with Crippen LogP contribution in [0.3, 0.4) is 0 Å². The van der Waals surface area contributed by atoms with E-state index in [9.17, 15) is 0 Å². The number of aromatic nitrogens is 1. The highest BCUT2D eigenvalue weighted by Crippen LogP contribution is 2.57. The van der Waals surface area contributed by atoms with Crippen LogP contribution in [0.1, 0.15) is 25.0 Å². The topological polar surface area (TPSA) is 4.93 Å². The fourth-order valence-corrected chi connectivity index (χ4v) is 8.85. The van der Waals surface area contributed by atoms with Crippen molar-refractivity contribution in [2.24, 2.45) is 0 Å². The maximum atomic E-state index is 2.55. The van der Waals surface area contributed by atoms with Gasteiger partial charge < -0.3 is 4.57 Å². The van der Waals surface area contributed by atoms with E-state index in [1.807, 2.05) is 11.3 Å². The molecule has 0 amide bonds. The van der Waals surface area contributed by atoms with Gasteiger partial charge in [-0.3, -0.25) is 0 Å². The summed E-state index contributed by atoms with van der Waals surface area (Å²) in [5, 5.41) is 9.30. The molecule has 6 aromatic carbocycles. The first-order chi connectivity index (χ1) is 19.1. The summed E-state index contributed by atoms with van der Waals surface area (Å²) in [6, 6.07) is 42.6. The van der Waals surface area contributed by atoms with Crippen LogP contribution in [-0.2, 0) is 5.41 Å². The summed E-state index contributed by atoms with van der Waals surface area (Å²) in [5.41, 5.74) is 8.11. The quantitative estimate of drug-likeness (QED) is 0.192.